The number of nitrogens with one attached hydrogen (secondary N) is 1. The number of aromatic nitrogens is 3. The smallest absolute Gasteiger partial charge is 0.156 e. The molecule has 1 N–H and O–H groups in total. The van der Waals surface area contributed by atoms with Gasteiger partial charge in [-0.25, -0.2) is 9.97 Å². The maximum Gasteiger partial charge on any atom is 0.156 e. The van der Waals surface area contributed by atoms with Gasteiger partial charge in [-0.15, -0.1) is 0 Å². The van der Waals surface area contributed by atoms with Crippen LogP contribution in [0.5, 0.6) is 0 Å². The molecule has 20 heavy (non-hydrogen) atoms. The van der Waals surface area contributed by atoms with Gasteiger partial charge >= 0.3 is 0 Å². The summed E-state index contributed by atoms with van der Waals surface area (Å²) in [5.41, 5.74) is 4.13. The predicted molar refractivity (Wildman–Crippen MR) is 80.1 cm³/mol. The second-order valence-electron chi connectivity index (χ2n) is 6.17. The number of nitrogens with zero attached hydrogens (tertiary/aromatic N) is 3. The van der Waals surface area contributed by atoms with E-state index < -0.39 is 0 Å². The first-order valence-corrected chi connectivity index (χ1v) is 6.86. The lowest BCUT2D eigenvalue weighted by atomic mass is 9.90. The minimum atomic E-state index is 0.299. The van der Waals surface area contributed by atoms with Gasteiger partial charge in [0.15, 0.2) is 5.65 Å². The van der Waals surface area contributed by atoms with E-state index in [1.807, 2.05) is 24.5 Å². The van der Waals surface area contributed by atoms with Crippen molar-refractivity contribution in [2.24, 2.45) is 5.41 Å². The van der Waals surface area contributed by atoms with E-state index in [9.17, 15) is 0 Å². The van der Waals surface area contributed by atoms with Gasteiger partial charge in [-0.05, 0) is 24.7 Å². The second-order valence-corrected chi connectivity index (χ2v) is 6.17. The Bertz CT molecular complexity index is 653. The van der Waals surface area contributed by atoms with E-state index in [0.717, 1.165) is 35.3 Å². The summed E-state index contributed by atoms with van der Waals surface area (Å²) in [7, 11) is 0. The molecule has 0 radical (unpaired) electrons. The Morgan fingerprint density at radius 2 is 2.20 bits per heavy atom. The molecule has 104 valence electrons. The van der Waals surface area contributed by atoms with Crippen LogP contribution in [0.15, 0.2) is 24.5 Å². The zero-order chi connectivity index (χ0) is 14.6. The second kappa shape index (κ2) is 5.87. The molecule has 0 bridgehead atoms. The number of fused-ring (bicyclic) bond motifs is 1. The van der Waals surface area contributed by atoms with Gasteiger partial charge in [0.05, 0.1) is 18.0 Å². The Balaban J connectivity index is 2.21. The molecule has 2 rings (SSSR count). The van der Waals surface area contributed by atoms with Crippen molar-refractivity contribution in [3.05, 3.63) is 35.8 Å². The number of allylic oxidation sites excluding steroid dienone is 2. The van der Waals surface area contributed by atoms with E-state index in [1.54, 1.807) is 0 Å². The third-order valence-electron chi connectivity index (χ3n) is 3.17. The number of hydrogen-bond donors (Lipinski definition) is 1. The lowest BCUT2D eigenvalue weighted by Gasteiger charge is -2.17. The summed E-state index contributed by atoms with van der Waals surface area (Å²) in [6.07, 6.45) is 9.82. The summed E-state index contributed by atoms with van der Waals surface area (Å²) in [5.74, 6) is 0. The first kappa shape index (κ1) is 14.3. The predicted octanol–water partition coefficient (Wildman–Crippen LogP) is 3.56. The van der Waals surface area contributed by atoms with Crippen molar-refractivity contribution in [2.45, 2.75) is 40.0 Å². The highest BCUT2D eigenvalue weighted by Gasteiger charge is 2.12. The van der Waals surface area contributed by atoms with E-state index in [0.29, 0.717) is 11.8 Å². The molecule has 0 atom stereocenters. The van der Waals surface area contributed by atoms with Crippen LogP contribution in [0.4, 0.5) is 0 Å². The molecule has 0 unspecified atom stereocenters. The zero-order valence-corrected chi connectivity index (χ0v) is 12.3. The fourth-order valence-electron chi connectivity index (χ4n) is 2.00. The standard InChI is InChI=1S/C16H20N4/c1-16(2,3)8-7-13-11-19-15-14(20-13)12(10-18-15)6-4-5-9-17/h4-5,10-11H,6-8H2,1-3H3,(H,18,19)/b5-4+. The number of rotatable bonds is 4. The molecule has 0 aliphatic carbocycles. The van der Waals surface area contributed by atoms with Crippen LogP contribution in [-0.4, -0.2) is 15.0 Å². The molecule has 0 spiro atoms. The highest BCUT2D eigenvalue weighted by atomic mass is 14.9. The maximum atomic E-state index is 8.53. The van der Waals surface area contributed by atoms with Crippen molar-refractivity contribution < 1.29 is 0 Å². The van der Waals surface area contributed by atoms with Crippen LogP contribution in [0.25, 0.3) is 11.2 Å². The molecule has 0 amide bonds. The quantitative estimate of drug-likeness (QED) is 0.862. The number of aryl methyl sites for hydroxylation is 1. The highest BCUT2D eigenvalue weighted by Crippen LogP contribution is 2.22. The van der Waals surface area contributed by atoms with Crippen LogP contribution in [0.1, 0.15) is 38.4 Å². The van der Waals surface area contributed by atoms with Gasteiger partial charge in [-0.2, -0.15) is 5.26 Å². The van der Waals surface area contributed by atoms with Crippen LogP contribution in [0.2, 0.25) is 0 Å². The molecule has 0 aliphatic heterocycles. The monoisotopic (exact) mass is 268 g/mol. The molecule has 2 aromatic heterocycles. The molecule has 4 nitrogen and oxygen atoms in total. The third-order valence-corrected chi connectivity index (χ3v) is 3.17. The van der Waals surface area contributed by atoms with Crippen molar-refractivity contribution in [3.63, 3.8) is 0 Å². The first-order chi connectivity index (χ1) is 9.49. The van der Waals surface area contributed by atoms with E-state index in [1.165, 1.54) is 6.08 Å². The SMILES string of the molecule is CC(C)(C)CCc1cnc2[nH]cc(C/C=C/C#N)c2n1. The van der Waals surface area contributed by atoms with Crippen molar-refractivity contribution in [1.29, 1.82) is 5.26 Å². The van der Waals surface area contributed by atoms with E-state index in [2.05, 4.69) is 30.7 Å². The number of nitriles is 1. The molecule has 0 aromatic carbocycles. The largest absolute Gasteiger partial charge is 0.345 e. The van der Waals surface area contributed by atoms with Crippen LogP contribution in [0, 0.1) is 16.7 Å². The van der Waals surface area contributed by atoms with Gasteiger partial charge < -0.3 is 4.98 Å². The summed E-state index contributed by atoms with van der Waals surface area (Å²) < 4.78 is 0. The van der Waals surface area contributed by atoms with Gasteiger partial charge in [0, 0.05) is 17.8 Å². The number of aromatic amines is 1. The van der Waals surface area contributed by atoms with E-state index in [-0.39, 0.29) is 0 Å². The fraction of sp³-hybridized carbons (Fsp3) is 0.438. The topological polar surface area (TPSA) is 65.4 Å². The van der Waals surface area contributed by atoms with Crippen molar-refractivity contribution in [3.8, 4) is 6.07 Å². The lowest BCUT2D eigenvalue weighted by Crippen LogP contribution is -2.07. The van der Waals surface area contributed by atoms with E-state index in [4.69, 9.17) is 10.2 Å². The van der Waals surface area contributed by atoms with Crippen LogP contribution in [0.3, 0.4) is 0 Å². The Kier molecular flexibility index (Phi) is 4.19. The number of hydrogen-bond acceptors (Lipinski definition) is 3. The average Bonchev–Trinajstić information content (AvgIpc) is 2.79. The molecule has 4 heteroatoms. The molecule has 0 fully saturated rings. The Morgan fingerprint density at radius 1 is 1.40 bits per heavy atom. The molecule has 0 saturated carbocycles. The molecule has 0 aliphatic rings. The molecule has 2 heterocycles. The van der Waals surface area contributed by atoms with Gasteiger partial charge in [-0.3, -0.25) is 0 Å². The third kappa shape index (κ3) is 3.67. The molecule has 0 saturated heterocycles. The van der Waals surface area contributed by atoms with Gasteiger partial charge in [0.2, 0.25) is 0 Å². The van der Waals surface area contributed by atoms with Crippen LogP contribution in [-0.2, 0) is 12.8 Å². The van der Waals surface area contributed by atoms with Gasteiger partial charge in [0.1, 0.15) is 5.52 Å². The normalized spacial score (nSPS) is 12.1. The molecular weight excluding hydrogens is 248 g/mol. The summed E-state index contributed by atoms with van der Waals surface area (Å²) >= 11 is 0. The van der Waals surface area contributed by atoms with Gasteiger partial charge in [0.25, 0.3) is 0 Å². The summed E-state index contributed by atoms with van der Waals surface area (Å²) in [5, 5.41) is 8.53. The summed E-state index contributed by atoms with van der Waals surface area (Å²) in [6.45, 7) is 6.69. The zero-order valence-electron chi connectivity index (χ0n) is 12.3. The first-order valence-electron chi connectivity index (χ1n) is 6.86. The summed E-state index contributed by atoms with van der Waals surface area (Å²) in [4.78, 5) is 12.3. The minimum Gasteiger partial charge on any atom is -0.345 e. The summed E-state index contributed by atoms with van der Waals surface area (Å²) in [6, 6.07) is 2.00. The highest BCUT2D eigenvalue weighted by molar-refractivity contribution is 5.75. The molecular formula is C16H20N4. The van der Waals surface area contributed by atoms with Crippen LogP contribution >= 0.6 is 0 Å². The Morgan fingerprint density at radius 3 is 2.90 bits per heavy atom. The van der Waals surface area contributed by atoms with Crippen molar-refractivity contribution in [1.82, 2.24) is 15.0 Å². The fourth-order valence-corrected chi connectivity index (χ4v) is 2.00. The van der Waals surface area contributed by atoms with E-state index >= 15 is 0 Å². The maximum absolute atomic E-state index is 8.53. The Hall–Kier alpha value is -2.15. The van der Waals surface area contributed by atoms with Crippen molar-refractivity contribution >= 4 is 11.2 Å². The number of H-pyrrole nitrogens is 1. The van der Waals surface area contributed by atoms with Gasteiger partial charge in [-0.1, -0.05) is 26.8 Å². The van der Waals surface area contributed by atoms with Crippen molar-refractivity contribution in [2.75, 3.05) is 0 Å². The lowest BCUT2D eigenvalue weighted by molar-refractivity contribution is 0.376. The Labute approximate surface area is 119 Å². The molecule has 2 aromatic rings. The minimum absolute atomic E-state index is 0.299. The van der Waals surface area contributed by atoms with Crippen LogP contribution < -0.4 is 0 Å². The average molecular weight is 268 g/mol.